The number of anilines is 1. The minimum absolute atomic E-state index is 0.156. The van der Waals surface area contributed by atoms with Crippen molar-refractivity contribution in [1.29, 1.82) is 0 Å². The molecule has 1 aromatic carbocycles. The summed E-state index contributed by atoms with van der Waals surface area (Å²) in [6.45, 7) is 9.99. The number of aromatic nitrogens is 2. The molecule has 148 valence electrons. The van der Waals surface area contributed by atoms with E-state index in [1.54, 1.807) is 0 Å². The van der Waals surface area contributed by atoms with Crippen LogP contribution in [0.5, 0.6) is 0 Å². The van der Waals surface area contributed by atoms with Gasteiger partial charge in [0, 0.05) is 42.4 Å². The number of hydrogen-bond acceptors (Lipinski definition) is 5. The van der Waals surface area contributed by atoms with E-state index in [1.807, 2.05) is 23.2 Å². The fourth-order valence-electron chi connectivity index (χ4n) is 4.23. The first-order valence-corrected chi connectivity index (χ1v) is 10.2. The molecule has 3 heterocycles. The van der Waals surface area contributed by atoms with Crippen molar-refractivity contribution >= 4 is 28.8 Å². The molecule has 0 radical (unpaired) electrons. The van der Waals surface area contributed by atoms with Crippen LogP contribution in [0.3, 0.4) is 0 Å². The van der Waals surface area contributed by atoms with E-state index < -0.39 is 0 Å². The average molecular weight is 380 g/mol. The van der Waals surface area contributed by atoms with Crippen molar-refractivity contribution in [3.8, 4) is 0 Å². The molecule has 6 nitrogen and oxygen atoms in total. The number of amides is 1. The smallest absolute Gasteiger partial charge is 0.409 e. The van der Waals surface area contributed by atoms with Gasteiger partial charge in [0.2, 0.25) is 0 Å². The number of benzene rings is 1. The molecule has 2 saturated heterocycles. The van der Waals surface area contributed by atoms with E-state index in [9.17, 15) is 4.79 Å². The lowest BCUT2D eigenvalue weighted by Gasteiger charge is -2.54. The fourth-order valence-corrected chi connectivity index (χ4v) is 4.23. The number of carbonyl (C=O) groups excluding carboxylic acids is 1. The Hall–Kier alpha value is -2.63. The van der Waals surface area contributed by atoms with Crippen molar-refractivity contribution in [2.75, 3.05) is 37.7 Å². The number of likely N-dealkylation sites (tertiary alicyclic amines) is 1. The molecule has 2 aliphatic heterocycles. The lowest BCUT2D eigenvalue weighted by Crippen LogP contribution is -2.61. The molecule has 0 bridgehead atoms. The van der Waals surface area contributed by atoms with Crippen molar-refractivity contribution in [2.45, 2.75) is 32.6 Å². The van der Waals surface area contributed by atoms with Crippen LogP contribution in [0.15, 0.2) is 31.0 Å². The van der Waals surface area contributed by atoms with Crippen LogP contribution in [0.1, 0.15) is 38.2 Å². The van der Waals surface area contributed by atoms with Gasteiger partial charge in [-0.25, -0.2) is 4.79 Å². The Morgan fingerprint density at radius 1 is 1.32 bits per heavy atom. The maximum Gasteiger partial charge on any atom is 0.409 e. The first-order chi connectivity index (χ1) is 13.6. The van der Waals surface area contributed by atoms with Crippen LogP contribution >= 0.6 is 0 Å². The highest BCUT2D eigenvalue weighted by Crippen LogP contribution is 2.43. The van der Waals surface area contributed by atoms with Gasteiger partial charge in [0.15, 0.2) is 5.82 Å². The molecule has 0 unspecified atom stereocenters. The third kappa shape index (κ3) is 3.55. The summed E-state index contributed by atoms with van der Waals surface area (Å²) in [5.74, 6) is 0.952. The fraction of sp³-hybridized carbons (Fsp3) is 0.500. The van der Waals surface area contributed by atoms with Gasteiger partial charge in [-0.15, -0.1) is 5.10 Å². The molecule has 4 rings (SSSR count). The minimum Gasteiger partial charge on any atom is -0.449 e. The first kappa shape index (κ1) is 18.7. The van der Waals surface area contributed by atoms with E-state index in [4.69, 9.17) is 4.74 Å². The molecule has 28 heavy (non-hydrogen) atoms. The Balaban J connectivity index is 1.38. The zero-order valence-corrected chi connectivity index (χ0v) is 16.6. The lowest BCUT2D eigenvalue weighted by atomic mass is 9.72. The molecule has 0 aliphatic carbocycles. The van der Waals surface area contributed by atoms with Crippen LogP contribution in [0.25, 0.3) is 16.8 Å². The number of unbranched alkanes of at least 4 members (excludes halogenated alkanes) is 1. The van der Waals surface area contributed by atoms with Crippen molar-refractivity contribution in [3.63, 3.8) is 0 Å². The summed E-state index contributed by atoms with van der Waals surface area (Å²) >= 11 is 0. The van der Waals surface area contributed by atoms with E-state index in [-0.39, 0.29) is 11.5 Å². The molecular formula is C22H28N4O2. The lowest BCUT2D eigenvalue weighted by molar-refractivity contribution is 0.0524. The van der Waals surface area contributed by atoms with Crippen LogP contribution in [0.2, 0.25) is 0 Å². The Morgan fingerprint density at radius 3 is 2.82 bits per heavy atom. The highest BCUT2D eigenvalue weighted by atomic mass is 16.6. The van der Waals surface area contributed by atoms with Crippen LogP contribution < -0.4 is 4.90 Å². The van der Waals surface area contributed by atoms with Crippen LogP contribution in [-0.2, 0) is 4.74 Å². The second-order valence-corrected chi connectivity index (χ2v) is 8.03. The molecule has 1 spiro atoms. The summed E-state index contributed by atoms with van der Waals surface area (Å²) in [7, 11) is 0. The molecule has 2 aliphatic rings. The summed E-state index contributed by atoms with van der Waals surface area (Å²) in [6, 6.07) is 6.25. The Bertz CT molecular complexity index is 866. The number of carbonyl (C=O) groups is 1. The predicted octanol–water partition coefficient (Wildman–Crippen LogP) is 4.11. The maximum atomic E-state index is 12.1. The van der Waals surface area contributed by atoms with Gasteiger partial charge in [-0.3, -0.25) is 0 Å². The van der Waals surface area contributed by atoms with E-state index in [0.717, 1.165) is 74.0 Å². The van der Waals surface area contributed by atoms with Crippen molar-refractivity contribution in [3.05, 3.63) is 36.5 Å². The summed E-state index contributed by atoms with van der Waals surface area (Å²) in [5, 5.41) is 10.8. The highest BCUT2D eigenvalue weighted by molar-refractivity contribution is 5.93. The van der Waals surface area contributed by atoms with Crippen molar-refractivity contribution in [2.24, 2.45) is 5.41 Å². The normalized spacial score (nSPS) is 18.2. The number of piperidine rings is 1. The van der Waals surface area contributed by atoms with Gasteiger partial charge < -0.3 is 14.5 Å². The predicted molar refractivity (Wildman–Crippen MR) is 111 cm³/mol. The van der Waals surface area contributed by atoms with E-state index in [0.29, 0.717) is 6.61 Å². The van der Waals surface area contributed by atoms with Crippen LogP contribution in [-0.4, -0.2) is 54.0 Å². The summed E-state index contributed by atoms with van der Waals surface area (Å²) in [5.41, 5.74) is 1.37. The van der Waals surface area contributed by atoms with E-state index >= 15 is 0 Å². The molecule has 1 amide bonds. The second kappa shape index (κ2) is 7.78. The molecule has 6 heteroatoms. The quantitative estimate of drug-likeness (QED) is 0.731. The van der Waals surface area contributed by atoms with Gasteiger partial charge in [-0.2, -0.15) is 5.10 Å². The van der Waals surface area contributed by atoms with Gasteiger partial charge in [0.05, 0.1) is 12.8 Å². The van der Waals surface area contributed by atoms with Gasteiger partial charge in [-0.05, 0) is 30.9 Å². The first-order valence-electron chi connectivity index (χ1n) is 10.2. The second-order valence-electron chi connectivity index (χ2n) is 8.03. The Kier molecular flexibility index (Phi) is 5.20. The number of rotatable bonds is 5. The van der Waals surface area contributed by atoms with E-state index in [2.05, 4.69) is 40.7 Å². The molecule has 0 saturated carbocycles. The number of nitrogens with zero attached hydrogens (tertiary/aromatic N) is 4. The maximum absolute atomic E-state index is 12.1. The molecule has 0 atom stereocenters. The topological polar surface area (TPSA) is 58.6 Å². The zero-order valence-electron chi connectivity index (χ0n) is 16.6. The average Bonchev–Trinajstić information content (AvgIpc) is 2.71. The van der Waals surface area contributed by atoms with Gasteiger partial charge in [0.25, 0.3) is 0 Å². The number of hydrogen-bond donors (Lipinski definition) is 0. The summed E-state index contributed by atoms with van der Waals surface area (Å²) < 4.78 is 5.35. The number of ether oxygens (including phenoxy) is 1. The van der Waals surface area contributed by atoms with Crippen molar-refractivity contribution < 1.29 is 9.53 Å². The van der Waals surface area contributed by atoms with Crippen LogP contribution in [0.4, 0.5) is 10.6 Å². The third-order valence-electron chi connectivity index (χ3n) is 6.06. The molecule has 2 aromatic rings. The molecular weight excluding hydrogens is 352 g/mol. The minimum atomic E-state index is -0.156. The van der Waals surface area contributed by atoms with Crippen LogP contribution in [0, 0.1) is 5.41 Å². The van der Waals surface area contributed by atoms with Gasteiger partial charge in [-0.1, -0.05) is 38.1 Å². The highest BCUT2D eigenvalue weighted by Gasteiger charge is 2.46. The SMILES string of the molecule is C=Cc1ccc2cnnc(N3CC4(CCN(C(=O)OCCCC)CC4)C3)c2c1. The Labute approximate surface area is 166 Å². The summed E-state index contributed by atoms with van der Waals surface area (Å²) in [4.78, 5) is 16.3. The number of fused-ring (bicyclic) bond motifs is 1. The monoisotopic (exact) mass is 380 g/mol. The van der Waals surface area contributed by atoms with Gasteiger partial charge in [0.1, 0.15) is 0 Å². The summed E-state index contributed by atoms with van der Waals surface area (Å²) in [6.07, 6.45) is 7.51. The van der Waals surface area contributed by atoms with Gasteiger partial charge >= 0.3 is 6.09 Å². The zero-order chi connectivity index (χ0) is 19.6. The van der Waals surface area contributed by atoms with Crippen molar-refractivity contribution in [1.82, 2.24) is 15.1 Å². The molecule has 2 fully saturated rings. The molecule has 1 aromatic heterocycles. The Morgan fingerprint density at radius 2 is 2.11 bits per heavy atom. The largest absolute Gasteiger partial charge is 0.449 e. The standard InChI is InChI=1S/C22H28N4O2/c1-3-5-12-28-21(27)25-10-8-22(9-11-25)15-26(16-22)20-19-13-17(4-2)6-7-18(19)14-23-24-20/h4,6-7,13-14H,2-3,5,8-12,15-16H2,1H3. The van der Waals surface area contributed by atoms with E-state index in [1.165, 1.54) is 0 Å². The third-order valence-corrected chi connectivity index (χ3v) is 6.06. The molecule has 0 N–H and O–H groups in total.